The number of fused-ring (bicyclic) bond motifs is 1. The van der Waals surface area contributed by atoms with Gasteiger partial charge in [0, 0.05) is 17.8 Å². The molecule has 0 radical (unpaired) electrons. The van der Waals surface area contributed by atoms with Crippen LogP contribution in [-0.2, 0) is 28.6 Å². The van der Waals surface area contributed by atoms with E-state index in [0.717, 1.165) is 28.7 Å². The van der Waals surface area contributed by atoms with Gasteiger partial charge in [0.2, 0.25) is 0 Å². The summed E-state index contributed by atoms with van der Waals surface area (Å²) in [7, 11) is -2.87. The van der Waals surface area contributed by atoms with Crippen molar-refractivity contribution < 1.29 is 8.42 Å². The van der Waals surface area contributed by atoms with E-state index in [2.05, 4.69) is 24.1 Å². The fourth-order valence-electron chi connectivity index (χ4n) is 1.81. The Labute approximate surface area is 106 Å². The molecule has 0 amide bonds. The summed E-state index contributed by atoms with van der Waals surface area (Å²) in [4.78, 5) is 5.45. The summed E-state index contributed by atoms with van der Waals surface area (Å²) in [5.74, 6) is 1.05. The maximum atomic E-state index is 11.5. The van der Waals surface area contributed by atoms with Crippen molar-refractivity contribution in [2.75, 3.05) is 12.3 Å². The maximum Gasteiger partial charge on any atom is 0.155 e. The molecule has 1 aliphatic rings. The van der Waals surface area contributed by atoms with Gasteiger partial charge in [-0.1, -0.05) is 13.8 Å². The Balaban J connectivity index is 2.01. The molecule has 0 aliphatic carbocycles. The lowest BCUT2D eigenvalue weighted by atomic mass is 10.2. The zero-order chi connectivity index (χ0) is 12.5. The van der Waals surface area contributed by atoms with Crippen molar-refractivity contribution in [3.63, 3.8) is 0 Å². The highest BCUT2D eigenvalue weighted by molar-refractivity contribution is 7.90. The average Bonchev–Trinajstić information content (AvgIpc) is 2.57. The first kappa shape index (κ1) is 13.0. The summed E-state index contributed by atoms with van der Waals surface area (Å²) in [6.07, 6.45) is 0.582. The van der Waals surface area contributed by atoms with Gasteiger partial charge in [0.15, 0.2) is 9.84 Å². The molecule has 0 saturated heterocycles. The maximum absolute atomic E-state index is 11.5. The summed E-state index contributed by atoms with van der Waals surface area (Å²) in [6, 6.07) is 0. The van der Waals surface area contributed by atoms with Crippen LogP contribution in [0, 0.1) is 5.92 Å². The lowest BCUT2D eigenvalue weighted by Gasteiger charge is -2.09. The molecule has 0 unspecified atom stereocenters. The summed E-state index contributed by atoms with van der Waals surface area (Å²) in [6.45, 7) is 6.03. The summed E-state index contributed by atoms with van der Waals surface area (Å²) < 4.78 is 23.0. The Kier molecular flexibility index (Phi) is 3.85. The minimum atomic E-state index is -2.87. The summed E-state index contributed by atoms with van der Waals surface area (Å²) in [5, 5.41) is 4.34. The van der Waals surface area contributed by atoms with Crippen molar-refractivity contribution >= 4 is 21.2 Å². The second-order valence-corrected chi connectivity index (χ2v) is 8.20. The molecule has 2 rings (SSSR count). The van der Waals surface area contributed by atoms with Crippen molar-refractivity contribution in [3.8, 4) is 0 Å². The Morgan fingerprint density at radius 2 is 2.24 bits per heavy atom. The van der Waals surface area contributed by atoms with Gasteiger partial charge in [-0.3, -0.25) is 0 Å². The topological polar surface area (TPSA) is 59.1 Å². The minimum absolute atomic E-state index is 0.185. The molecule has 0 aromatic carbocycles. The number of sulfone groups is 1. The lowest BCUT2D eigenvalue weighted by molar-refractivity contribution is 0.551. The quantitative estimate of drug-likeness (QED) is 0.900. The third-order valence-electron chi connectivity index (χ3n) is 2.65. The van der Waals surface area contributed by atoms with E-state index in [0.29, 0.717) is 12.3 Å². The number of nitrogens with one attached hydrogen (secondary N) is 1. The van der Waals surface area contributed by atoms with E-state index in [1.807, 2.05) is 0 Å². The SMILES string of the molecule is CC(C)CNCc1nc2c(s1)CS(=O)(=O)CC2. The van der Waals surface area contributed by atoms with Crippen LogP contribution < -0.4 is 5.32 Å². The van der Waals surface area contributed by atoms with Crippen molar-refractivity contribution in [2.45, 2.75) is 32.6 Å². The first-order chi connectivity index (χ1) is 7.96. The van der Waals surface area contributed by atoms with Gasteiger partial charge in [0.25, 0.3) is 0 Å². The molecule has 0 spiro atoms. The Morgan fingerprint density at radius 3 is 2.94 bits per heavy atom. The molecule has 1 aromatic rings. The van der Waals surface area contributed by atoms with Crippen LogP contribution in [0.1, 0.15) is 29.4 Å². The van der Waals surface area contributed by atoms with Crippen LogP contribution in [0.25, 0.3) is 0 Å². The molecule has 6 heteroatoms. The molecular formula is C11H18N2O2S2. The zero-order valence-corrected chi connectivity index (χ0v) is 11.8. The van der Waals surface area contributed by atoms with Gasteiger partial charge in [-0.15, -0.1) is 11.3 Å². The summed E-state index contributed by atoms with van der Waals surface area (Å²) >= 11 is 1.54. The monoisotopic (exact) mass is 274 g/mol. The normalized spacial score (nSPS) is 18.3. The second-order valence-electron chi connectivity index (χ2n) is 4.84. The van der Waals surface area contributed by atoms with Gasteiger partial charge in [-0.25, -0.2) is 13.4 Å². The number of thiazole rings is 1. The van der Waals surface area contributed by atoms with Crippen LogP contribution in [-0.4, -0.2) is 25.7 Å². The molecule has 0 fully saturated rings. The lowest BCUT2D eigenvalue weighted by Crippen LogP contribution is -2.19. The molecule has 0 bridgehead atoms. The van der Waals surface area contributed by atoms with Gasteiger partial charge in [0.05, 0.1) is 17.2 Å². The third-order valence-corrected chi connectivity index (χ3v) is 5.49. The molecule has 2 heterocycles. The highest BCUT2D eigenvalue weighted by Gasteiger charge is 2.24. The first-order valence-electron chi connectivity index (χ1n) is 5.85. The first-order valence-corrected chi connectivity index (χ1v) is 8.48. The van der Waals surface area contributed by atoms with E-state index in [9.17, 15) is 8.42 Å². The molecule has 17 heavy (non-hydrogen) atoms. The van der Waals surface area contributed by atoms with E-state index >= 15 is 0 Å². The molecule has 1 aliphatic heterocycles. The highest BCUT2D eigenvalue weighted by Crippen LogP contribution is 2.26. The molecular weight excluding hydrogens is 256 g/mol. The molecule has 4 nitrogen and oxygen atoms in total. The van der Waals surface area contributed by atoms with Crippen LogP contribution in [0.3, 0.4) is 0 Å². The van der Waals surface area contributed by atoms with E-state index in [-0.39, 0.29) is 11.5 Å². The Morgan fingerprint density at radius 1 is 1.47 bits per heavy atom. The molecule has 96 valence electrons. The van der Waals surface area contributed by atoms with Crippen LogP contribution >= 0.6 is 11.3 Å². The van der Waals surface area contributed by atoms with E-state index in [1.54, 1.807) is 0 Å². The van der Waals surface area contributed by atoms with Crippen molar-refractivity contribution in [3.05, 3.63) is 15.6 Å². The average molecular weight is 274 g/mol. The number of hydrogen-bond donors (Lipinski definition) is 1. The fourth-order valence-corrected chi connectivity index (χ4v) is 4.68. The minimum Gasteiger partial charge on any atom is -0.310 e. The van der Waals surface area contributed by atoms with E-state index < -0.39 is 9.84 Å². The molecule has 1 N–H and O–H groups in total. The summed E-state index contributed by atoms with van der Waals surface area (Å²) in [5.41, 5.74) is 0.992. The third kappa shape index (κ3) is 3.50. The van der Waals surface area contributed by atoms with Crippen molar-refractivity contribution in [2.24, 2.45) is 5.92 Å². The standard InChI is InChI=1S/C11H18N2O2S2/c1-8(2)5-12-6-11-13-9-3-4-17(14,15)7-10(9)16-11/h8,12H,3-7H2,1-2H3. The van der Waals surface area contributed by atoms with E-state index in [1.165, 1.54) is 11.3 Å². The number of aryl methyl sites for hydroxylation is 1. The number of rotatable bonds is 4. The number of aromatic nitrogens is 1. The number of hydrogen-bond acceptors (Lipinski definition) is 5. The van der Waals surface area contributed by atoms with Gasteiger partial charge in [-0.2, -0.15) is 0 Å². The largest absolute Gasteiger partial charge is 0.310 e. The van der Waals surface area contributed by atoms with Gasteiger partial charge in [0.1, 0.15) is 5.01 Å². The molecule has 0 saturated carbocycles. The van der Waals surface area contributed by atoms with E-state index in [4.69, 9.17) is 0 Å². The molecule has 1 aromatic heterocycles. The predicted octanol–water partition coefficient (Wildman–Crippen LogP) is 1.36. The van der Waals surface area contributed by atoms with Gasteiger partial charge < -0.3 is 5.32 Å². The second kappa shape index (κ2) is 5.04. The van der Waals surface area contributed by atoms with Crippen molar-refractivity contribution in [1.82, 2.24) is 10.3 Å². The van der Waals surface area contributed by atoms with Gasteiger partial charge >= 0.3 is 0 Å². The number of nitrogens with zero attached hydrogens (tertiary/aromatic N) is 1. The predicted molar refractivity (Wildman–Crippen MR) is 69.9 cm³/mol. The van der Waals surface area contributed by atoms with Crippen molar-refractivity contribution in [1.29, 1.82) is 0 Å². The van der Waals surface area contributed by atoms with Gasteiger partial charge in [-0.05, 0) is 12.5 Å². The smallest absolute Gasteiger partial charge is 0.155 e. The van der Waals surface area contributed by atoms with Crippen LogP contribution in [0.5, 0.6) is 0 Å². The van der Waals surface area contributed by atoms with Crippen LogP contribution in [0.15, 0.2) is 0 Å². The Hall–Kier alpha value is -0.460. The zero-order valence-electron chi connectivity index (χ0n) is 10.2. The van der Waals surface area contributed by atoms with Crippen LogP contribution in [0.4, 0.5) is 0 Å². The van der Waals surface area contributed by atoms with Crippen LogP contribution in [0.2, 0.25) is 0 Å². The Bertz CT molecular complexity index is 492. The molecule has 0 atom stereocenters. The highest BCUT2D eigenvalue weighted by atomic mass is 32.2. The fraction of sp³-hybridized carbons (Fsp3) is 0.727.